The molecule has 1 amide bonds. The number of nitrogens with zero attached hydrogens (tertiary/aromatic N) is 6. The van der Waals surface area contributed by atoms with E-state index in [0.717, 1.165) is 18.7 Å². The van der Waals surface area contributed by atoms with E-state index in [0.29, 0.717) is 27.4 Å². The molecule has 14 heteroatoms. The average molecular weight is 563 g/mol. The van der Waals surface area contributed by atoms with Gasteiger partial charge in [-0.3, -0.25) is 9.58 Å². The van der Waals surface area contributed by atoms with Crippen molar-refractivity contribution in [3.8, 4) is 0 Å². The van der Waals surface area contributed by atoms with Gasteiger partial charge in [0.05, 0.1) is 5.69 Å². The summed E-state index contributed by atoms with van der Waals surface area (Å²) < 4.78 is 75.0. The average Bonchev–Trinajstić information content (AvgIpc) is 3.56. The molecule has 2 aromatic rings. The Labute approximate surface area is 221 Å². The van der Waals surface area contributed by atoms with E-state index in [2.05, 4.69) is 15.1 Å². The van der Waals surface area contributed by atoms with Gasteiger partial charge >= 0.3 is 12.3 Å². The molecule has 1 saturated carbocycles. The molecule has 0 bridgehead atoms. The van der Waals surface area contributed by atoms with Crippen molar-refractivity contribution >= 4 is 29.4 Å². The number of hydrogen-bond donors (Lipinski definition) is 0. The molecule has 1 saturated heterocycles. The minimum atomic E-state index is -4.73. The fourth-order valence-corrected chi connectivity index (χ4v) is 4.81. The number of piperidine rings is 1. The molecule has 0 unspecified atom stereocenters. The van der Waals surface area contributed by atoms with Crippen molar-refractivity contribution < 1.29 is 31.5 Å². The predicted molar refractivity (Wildman–Crippen MR) is 133 cm³/mol. The number of thioether (sulfide) groups is 1. The summed E-state index contributed by atoms with van der Waals surface area (Å²) >= 11 is 1.26. The molecular weight excluding hydrogens is 531 g/mol. The fourth-order valence-electron chi connectivity index (χ4n) is 4.05. The maximum atomic E-state index is 13.8. The molecule has 0 radical (unpaired) electrons. The smallest absolute Gasteiger partial charge is 0.416 e. The minimum Gasteiger partial charge on any atom is -0.443 e. The molecule has 0 spiro atoms. The summed E-state index contributed by atoms with van der Waals surface area (Å²) in [6, 6.07) is 2.96. The zero-order valence-electron chi connectivity index (χ0n) is 21.7. The molecule has 1 aliphatic carbocycles. The standard InChI is InChI=1S/C24H31F5N6O2S/c1-22(2,3)37-21(36)35(14-24(27,28)29)18-12-17(34-9-7-23(25,26)8-10-34)11-16(30-18)13-38-20-31-19(15-5-6-15)33(4)32-20/h11-12,15H,5-10,13-14H2,1-4H3. The normalized spacial score (nSPS) is 18.0. The van der Waals surface area contributed by atoms with Gasteiger partial charge in [0.1, 0.15) is 23.8 Å². The second-order valence-corrected chi connectivity index (χ2v) is 11.6. The maximum absolute atomic E-state index is 13.8. The Kier molecular flexibility index (Phi) is 7.84. The highest BCUT2D eigenvalue weighted by Gasteiger charge is 2.38. The molecule has 0 atom stereocenters. The molecular formula is C24H31F5N6O2S. The van der Waals surface area contributed by atoms with E-state index in [1.54, 1.807) is 36.4 Å². The lowest BCUT2D eigenvalue weighted by Crippen LogP contribution is -2.43. The number of ether oxygens (including phenoxy) is 1. The van der Waals surface area contributed by atoms with Crippen LogP contribution in [0, 0.1) is 0 Å². The van der Waals surface area contributed by atoms with Gasteiger partial charge in [-0.15, -0.1) is 5.10 Å². The second-order valence-electron chi connectivity index (χ2n) is 10.6. The Hall–Kier alpha value is -2.64. The molecule has 3 heterocycles. The highest BCUT2D eigenvalue weighted by Crippen LogP contribution is 2.39. The first kappa shape index (κ1) is 28.4. The molecule has 38 heavy (non-hydrogen) atoms. The lowest BCUT2D eigenvalue weighted by molar-refractivity contribution is -0.119. The Bertz CT molecular complexity index is 1150. The number of alkyl halides is 5. The molecule has 8 nitrogen and oxygen atoms in total. The van der Waals surface area contributed by atoms with E-state index in [9.17, 15) is 26.7 Å². The van der Waals surface area contributed by atoms with Crippen LogP contribution < -0.4 is 9.80 Å². The molecule has 2 fully saturated rings. The van der Waals surface area contributed by atoms with Crippen LogP contribution in [0.4, 0.5) is 38.3 Å². The summed E-state index contributed by atoms with van der Waals surface area (Å²) in [6.07, 6.45) is -4.59. The van der Waals surface area contributed by atoms with Crippen LogP contribution >= 0.6 is 11.8 Å². The number of aryl methyl sites for hydroxylation is 1. The van der Waals surface area contributed by atoms with Gasteiger partial charge in [0.15, 0.2) is 0 Å². The summed E-state index contributed by atoms with van der Waals surface area (Å²) in [5, 5.41) is 4.90. The molecule has 1 aliphatic heterocycles. The molecule has 0 aromatic carbocycles. The lowest BCUT2D eigenvalue weighted by Gasteiger charge is -2.34. The Morgan fingerprint density at radius 2 is 1.82 bits per heavy atom. The quantitative estimate of drug-likeness (QED) is 0.306. The first-order valence-corrected chi connectivity index (χ1v) is 13.3. The van der Waals surface area contributed by atoms with Crippen LogP contribution in [-0.4, -0.2) is 63.2 Å². The van der Waals surface area contributed by atoms with Gasteiger partial charge in [-0.25, -0.2) is 23.5 Å². The SMILES string of the molecule is Cn1nc(SCc2cc(N3CCC(F)(F)CC3)cc(N(CC(F)(F)F)C(=O)OC(C)(C)C)n2)nc1C1CC1. The summed E-state index contributed by atoms with van der Waals surface area (Å²) in [6.45, 7) is 3.06. The van der Waals surface area contributed by atoms with Crippen LogP contribution in [-0.2, 0) is 17.5 Å². The molecule has 2 aromatic heterocycles. The van der Waals surface area contributed by atoms with Gasteiger partial charge in [0, 0.05) is 56.4 Å². The van der Waals surface area contributed by atoms with E-state index in [1.165, 1.54) is 17.8 Å². The monoisotopic (exact) mass is 562 g/mol. The van der Waals surface area contributed by atoms with Crippen LogP contribution in [0.1, 0.15) is 63.9 Å². The number of aromatic nitrogens is 4. The topological polar surface area (TPSA) is 76.4 Å². The Balaban J connectivity index is 1.65. The number of carbonyl (C=O) groups excluding carboxylic acids is 1. The molecule has 4 rings (SSSR count). The van der Waals surface area contributed by atoms with Crippen LogP contribution in [0.3, 0.4) is 0 Å². The first-order chi connectivity index (χ1) is 17.6. The number of halogens is 5. The maximum Gasteiger partial charge on any atom is 0.416 e. The molecule has 0 N–H and O–H groups in total. The number of hydrogen-bond acceptors (Lipinski definition) is 7. The zero-order valence-corrected chi connectivity index (χ0v) is 22.5. The predicted octanol–water partition coefficient (Wildman–Crippen LogP) is 5.92. The van der Waals surface area contributed by atoms with Crippen molar-refractivity contribution in [3.05, 3.63) is 23.7 Å². The van der Waals surface area contributed by atoms with Gasteiger partial charge in [-0.2, -0.15) is 13.2 Å². The largest absolute Gasteiger partial charge is 0.443 e. The summed E-state index contributed by atoms with van der Waals surface area (Å²) in [5.74, 6) is -1.60. The van der Waals surface area contributed by atoms with E-state index in [4.69, 9.17) is 4.74 Å². The van der Waals surface area contributed by atoms with Crippen LogP contribution in [0.15, 0.2) is 17.3 Å². The second kappa shape index (κ2) is 10.5. The number of pyridine rings is 1. The number of anilines is 2. The van der Waals surface area contributed by atoms with Crippen molar-refractivity contribution in [2.45, 2.75) is 81.0 Å². The number of rotatable bonds is 7. The zero-order chi connectivity index (χ0) is 27.9. The lowest BCUT2D eigenvalue weighted by atomic mass is 10.1. The van der Waals surface area contributed by atoms with Crippen LogP contribution in [0.25, 0.3) is 0 Å². The van der Waals surface area contributed by atoms with Gasteiger partial charge < -0.3 is 9.64 Å². The van der Waals surface area contributed by atoms with Crippen molar-refractivity contribution in [3.63, 3.8) is 0 Å². The van der Waals surface area contributed by atoms with Crippen LogP contribution in [0.5, 0.6) is 0 Å². The van der Waals surface area contributed by atoms with Gasteiger partial charge in [0.25, 0.3) is 5.92 Å². The summed E-state index contributed by atoms with van der Waals surface area (Å²) in [5.41, 5.74) is -0.278. The third-order valence-corrected chi connectivity index (χ3v) is 6.88. The van der Waals surface area contributed by atoms with E-state index < -0.39 is 30.3 Å². The van der Waals surface area contributed by atoms with Crippen molar-refractivity contribution in [2.24, 2.45) is 7.05 Å². The highest BCUT2D eigenvalue weighted by molar-refractivity contribution is 7.98. The van der Waals surface area contributed by atoms with Crippen LogP contribution in [0.2, 0.25) is 0 Å². The van der Waals surface area contributed by atoms with E-state index in [1.807, 2.05) is 7.05 Å². The van der Waals surface area contributed by atoms with Gasteiger partial charge in [0.2, 0.25) is 5.16 Å². The highest BCUT2D eigenvalue weighted by atomic mass is 32.2. The van der Waals surface area contributed by atoms with Gasteiger partial charge in [-0.1, -0.05) is 11.8 Å². The minimum absolute atomic E-state index is 0.0152. The summed E-state index contributed by atoms with van der Waals surface area (Å²) in [7, 11) is 1.81. The molecule has 210 valence electrons. The summed E-state index contributed by atoms with van der Waals surface area (Å²) in [4.78, 5) is 23.8. The van der Waals surface area contributed by atoms with E-state index in [-0.39, 0.29) is 37.5 Å². The van der Waals surface area contributed by atoms with Gasteiger partial charge in [-0.05, 0) is 39.7 Å². The Morgan fingerprint density at radius 1 is 1.16 bits per heavy atom. The fraction of sp³-hybridized carbons (Fsp3) is 0.667. The third-order valence-electron chi connectivity index (χ3n) is 6.01. The van der Waals surface area contributed by atoms with Crippen molar-refractivity contribution in [1.29, 1.82) is 0 Å². The van der Waals surface area contributed by atoms with E-state index >= 15 is 0 Å². The van der Waals surface area contributed by atoms with Crippen molar-refractivity contribution in [2.75, 3.05) is 29.4 Å². The molecule has 2 aliphatic rings. The van der Waals surface area contributed by atoms with Crippen molar-refractivity contribution in [1.82, 2.24) is 19.7 Å². The third kappa shape index (κ3) is 7.70. The number of carbonyl (C=O) groups is 1. The Morgan fingerprint density at radius 3 is 2.39 bits per heavy atom. The first-order valence-electron chi connectivity index (χ1n) is 12.3. The number of amides is 1.